The van der Waals surface area contributed by atoms with Crippen LogP contribution >= 0.6 is 0 Å². The van der Waals surface area contributed by atoms with E-state index in [1.54, 1.807) is 41.5 Å². The molecule has 112 heavy (non-hydrogen) atoms. The Morgan fingerprint density at radius 3 is 1.13 bits per heavy atom. The lowest BCUT2D eigenvalue weighted by molar-refractivity contribution is -0.302. The molecule has 1 unspecified atom stereocenters. The number of cyclic esters (lactones) is 2. The Morgan fingerprint density at radius 1 is 0.455 bits per heavy atom. The summed E-state index contributed by atoms with van der Waals surface area (Å²) in [5, 5.41) is 71.5. The number of ketones is 4. The number of ether oxygens (including phenoxy) is 10. The van der Waals surface area contributed by atoms with E-state index in [0.717, 1.165) is 20.9 Å². The number of amides is 2. The molecule has 0 aromatic rings. The van der Waals surface area contributed by atoms with Gasteiger partial charge in [0, 0.05) is 104 Å². The summed E-state index contributed by atoms with van der Waals surface area (Å²) in [6, 6.07) is -2.52. The van der Waals surface area contributed by atoms with E-state index in [2.05, 4.69) is 0 Å². The maximum absolute atomic E-state index is 15.4. The fourth-order valence-corrected chi connectivity index (χ4v) is 19.3. The summed E-state index contributed by atoms with van der Waals surface area (Å²) in [6.07, 6.45) is 3.22. The summed E-state index contributed by atoms with van der Waals surface area (Å²) in [4.78, 5) is 122. The van der Waals surface area contributed by atoms with Gasteiger partial charge in [-0.1, -0.05) is 89.8 Å². The van der Waals surface area contributed by atoms with Gasteiger partial charge in [-0.3, -0.25) is 28.8 Å². The van der Waals surface area contributed by atoms with Gasteiger partial charge in [-0.05, 0) is 191 Å². The van der Waals surface area contributed by atoms with Crippen molar-refractivity contribution >= 4 is 46.9 Å². The number of allylic oxidation sites excluding steroid dienone is 6. The van der Waals surface area contributed by atoms with Crippen molar-refractivity contribution in [2.24, 2.45) is 59.2 Å². The first-order chi connectivity index (χ1) is 53.1. The number of unbranched alkanes of at least 4 members (excludes halogenated alkanes) is 1. The maximum atomic E-state index is 15.4. The Kier molecular flexibility index (Phi) is 34.6. The Hall–Kier alpha value is -5.04. The quantitative estimate of drug-likeness (QED) is 0.0386. The number of esters is 2. The van der Waals surface area contributed by atoms with E-state index in [1.807, 2.05) is 52.0 Å². The molecule has 4 saturated heterocycles. The summed E-state index contributed by atoms with van der Waals surface area (Å²) in [5.41, 5.74) is 2.82. The zero-order valence-corrected chi connectivity index (χ0v) is 69.6. The SMILES string of the molecule is COC1C[C@@H](C)C/C(C)=C/[C@@H](CCCC[C@@H]2/C=C(\C)C[C@H](C)C[C@H](OC)[C@H]3O[C@@](O)(C(=O)C(=O)N4CCCC[C@H]4C(=O)O[C@H](/C(C)=C/[C@@H]4CC[C@@H](O)[C@H](OC)C4)[C@H](C)[C@@H](O)CC2=O)[C@H](C)C[C@@H]3OC)C(=O)C[C@H](O)[C@@H](C)[C@@H](/C(C)=C/[C@@H]2CC[C@@H](O)[C@H](OC)C2)OC(=O)[C@@H]2CCCCN2C(=O)C(=O)[C@]2(O)O[C@H]1[C@@H](OC)C[C@H]2C. The van der Waals surface area contributed by atoms with Crippen LogP contribution in [-0.4, -0.2) is 252 Å². The summed E-state index contributed by atoms with van der Waals surface area (Å²) >= 11 is 0. The molecule has 28 atom stereocenters. The summed E-state index contributed by atoms with van der Waals surface area (Å²) in [5.74, 6) is -18.0. The number of carbonyl (C=O) groups excluding carboxylic acids is 8. The van der Waals surface area contributed by atoms with Crippen LogP contribution < -0.4 is 0 Å². The number of hydrogen-bond acceptors (Lipinski definition) is 24. The number of carbonyl (C=O) groups is 8. The van der Waals surface area contributed by atoms with Gasteiger partial charge in [0.1, 0.15) is 48.1 Å². The van der Waals surface area contributed by atoms with Gasteiger partial charge in [0.05, 0.1) is 61.0 Å². The molecule has 2 aliphatic carbocycles. The van der Waals surface area contributed by atoms with Gasteiger partial charge in [-0.15, -0.1) is 0 Å². The third-order valence-electron chi connectivity index (χ3n) is 26.2. The smallest absolute Gasteiger partial charge is 0.329 e. The number of aliphatic hydroxyl groups excluding tert-OH is 4. The van der Waals surface area contributed by atoms with Gasteiger partial charge in [0.25, 0.3) is 23.4 Å². The number of piperidine rings is 2. The van der Waals surface area contributed by atoms with Crippen molar-refractivity contribution in [3.8, 4) is 0 Å². The second-order valence-corrected chi connectivity index (χ2v) is 34.8. The summed E-state index contributed by atoms with van der Waals surface area (Å²) in [6.45, 7) is 18.1. The molecule has 6 aliphatic heterocycles. The molecule has 0 spiro atoms. The molecule has 634 valence electrons. The molecule has 6 heterocycles. The van der Waals surface area contributed by atoms with Gasteiger partial charge >= 0.3 is 11.9 Å². The van der Waals surface area contributed by atoms with Crippen LogP contribution in [0.3, 0.4) is 0 Å². The topological polar surface area (TPSA) is 357 Å². The number of Topliss-reactive ketones (excluding diaryl/α,β-unsaturated/α-hetero) is 4. The van der Waals surface area contributed by atoms with Crippen LogP contribution in [0.1, 0.15) is 223 Å². The van der Waals surface area contributed by atoms with Crippen molar-refractivity contribution in [2.45, 2.75) is 332 Å². The first-order valence-electron chi connectivity index (χ1n) is 41.6. The van der Waals surface area contributed by atoms with E-state index in [-0.39, 0.29) is 99.7 Å². The highest BCUT2D eigenvalue weighted by Gasteiger charge is 2.59. The highest BCUT2D eigenvalue weighted by molar-refractivity contribution is 6.39. The normalized spacial score (nSPS) is 41.7. The minimum absolute atomic E-state index is 0.00621. The Labute approximate surface area is 664 Å². The van der Waals surface area contributed by atoms with E-state index < -0.39 is 180 Å². The van der Waals surface area contributed by atoms with Crippen molar-refractivity contribution in [2.75, 3.05) is 55.7 Å². The Bertz CT molecular complexity index is 3110. The fourth-order valence-electron chi connectivity index (χ4n) is 19.3. The minimum Gasteiger partial charge on any atom is -0.456 e. The Balaban J connectivity index is 1.13. The second-order valence-electron chi connectivity index (χ2n) is 34.8. The number of rotatable bonds is 15. The molecular formula is C86H136N2O24. The Morgan fingerprint density at radius 2 is 0.795 bits per heavy atom. The van der Waals surface area contributed by atoms with E-state index in [1.165, 1.54) is 42.7 Å². The second kappa shape index (κ2) is 41.9. The summed E-state index contributed by atoms with van der Waals surface area (Å²) < 4.78 is 61.3. The van der Waals surface area contributed by atoms with E-state index in [4.69, 9.17) is 47.4 Å². The van der Waals surface area contributed by atoms with Gasteiger partial charge in [-0.2, -0.15) is 0 Å². The average Bonchev–Trinajstić information content (AvgIpc) is 0.788. The molecule has 0 radical (unpaired) electrons. The van der Waals surface area contributed by atoms with Gasteiger partial charge < -0.3 is 87.8 Å². The number of methoxy groups -OCH3 is 6. The number of hydrogen-bond donors (Lipinski definition) is 6. The highest BCUT2D eigenvalue weighted by Crippen LogP contribution is 2.43. The highest BCUT2D eigenvalue weighted by atomic mass is 16.7. The standard InChI is InChI=1S/C86H136N2O24/c1-47-33-49(3)37-71(105-13)77-73(107-15)41-53(7)85(101,111-77)79(95)81(97)87-31-21-19-25-61(87)83(99)109-75(51(5)39-57-27-29-63(89)69(43-57)103-11)55(9)65(91)45-67(93)59(35-47)23-17-18-24-60-36-48(2)34-50(4)38-72(106-14)78-74(108-16)42-54(8)86(102,112-78)80(96)82(98)88-32-22-20-26-62(88)84(100)110-76(56(10)66(92)46-68(60)94)52(6)40-58-28-30-64(90)70(44-58)104-12/h35-36,39-40,49-50,53-66,69-78,89-92,101-102H,17-34,37-38,41-46H2,1-16H3/b47-35+,48-36+,51-39+,52-40+/t49-,50-,53+,54+,55+,56+,57-,58-,59+,60+,61-,62-,63+,64+,65-,66-,69+,70+,71-,72?,73-,74-,75+,76+,77+,78+,85+,86+/m0/s1. The minimum atomic E-state index is -2.63. The first kappa shape index (κ1) is 92.5. The molecule has 4 bridgehead atoms. The lowest BCUT2D eigenvalue weighted by Crippen LogP contribution is -2.64. The lowest BCUT2D eigenvalue weighted by Gasteiger charge is -2.47. The van der Waals surface area contributed by atoms with Crippen molar-refractivity contribution in [1.29, 1.82) is 0 Å². The van der Waals surface area contributed by atoms with Crippen molar-refractivity contribution in [3.63, 3.8) is 0 Å². The van der Waals surface area contributed by atoms with Crippen LogP contribution in [0.5, 0.6) is 0 Å². The molecule has 6 N–H and O–H groups in total. The van der Waals surface area contributed by atoms with Crippen LogP contribution in [0.2, 0.25) is 0 Å². The largest absolute Gasteiger partial charge is 0.456 e. The van der Waals surface area contributed by atoms with Crippen LogP contribution in [0.15, 0.2) is 46.6 Å². The molecule has 8 rings (SSSR count). The van der Waals surface area contributed by atoms with Gasteiger partial charge in [-0.25, -0.2) is 9.59 Å². The van der Waals surface area contributed by atoms with Crippen molar-refractivity contribution in [1.82, 2.24) is 9.80 Å². The van der Waals surface area contributed by atoms with Gasteiger partial charge in [0.2, 0.25) is 11.6 Å². The molecule has 26 nitrogen and oxygen atoms in total. The predicted octanol–water partition coefficient (Wildman–Crippen LogP) is 8.70. The van der Waals surface area contributed by atoms with Crippen molar-refractivity contribution in [3.05, 3.63) is 46.6 Å². The average molecular weight is 1580 g/mol. The number of fused-ring (bicyclic) bond motifs is 6. The fraction of sp³-hybridized carbons (Fsp3) is 0.814. The van der Waals surface area contributed by atoms with Crippen LogP contribution in [0.25, 0.3) is 0 Å². The van der Waals surface area contributed by atoms with Crippen LogP contribution in [-0.2, 0) is 85.7 Å². The van der Waals surface area contributed by atoms with Crippen LogP contribution in [0.4, 0.5) is 0 Å². The molecule has 8 aliphatic rings. The zero-order chi connectivity index (χ0) is 82.4. The molecule has 2 saturated carbocycles. The monoisotopic (exact) mass is 1580 g/mol. The molecule has 26 heteroatoms. The third-order valence-corrected chi connectivity index (χ3v) is 26.2. The van der Waals surface area contributed by atoms with Crippen LogP contribution in [0, 0.1) is 59.2 Å². The van der Waals surface area contributed by atoms with Crippen molar-refractivity contribution < 1.29 is 116 Å². The van der Waals surface area contributed by atoms with E-state index in [9.17, 15) is 59.4 Å². The number of nitrogens with zero attached hydrogens (tertiary/aromatic N) is 2. The lowest BCUT2D eigenvalue weighted by atomic mass is 9.81. The van der Waals surface area contributed by atoms with Gasteiger partial charge in [0.15, 0.2) is 0 Å². The predicted molar refractivity (Wildman–Crippen MR) is 414 cm³/mol. The molecule has 6 fully saturated rings. The molecule has 0 aromatic carbocycles. The summed E-state index contributed by atoms with van der Waals surface area (Å²) in [7, 11) is 9.07. The first-order valence-corrected chi connectivity index (χ1v) is 41.6. The maximum Gasteiger partial charge on any atom is 0.329 e. The number of aliphatic hydroxyl groups is 6. The molecular weight excluding hydrogens is 1440 g/mol. The molecule has 2 amide bonds. The van der Waals surface area contributed by atoms with E-state index in [0.29, 0.717) is 114 Å². The zero-order valence-electron chi connectivity index (χ0n) is 69.6. The molecule has 0 aromatic heterocycles. The third kappa shape index (κ3) is 22.6. The van der Waals surface area contributed by atoms with E-state index >= 15 is 9.59 Å².